The van der Waals surface area contributed by atoms with Crippen molar-refractivity contribution in [2.24, 2.45) is 18.7 Å². The van der Waals surface area contributed by atoms with E-state index in [1.807, 2.05) is 7.05 Å². The second kappa shape index (κ2) is 4.14. The van der Waals surface area contributed by atoms with Gasteiger partial charge in [-0.1, -0.05) is 0 Å². The van der Waals surface area contributed by atoms with Crippen LogP contribution in [0.4, 0.5) is 0 Å². The van der Waals surface area contributed by atoms with Crippen LogP contribution in [0.5, 0.6) is 0 Å². The van der Waals surface area contributed by atoms with Crippen LogP contribution in [-0.2, 0) is 7.05 Å². The van der Waals surface area contributed by atoms with Gasteiger partial charge in [-0.05, 0) is 25.7 Å². The summed E-state index contributed by atoms with van der Waals surface area (Å²) in [5, 5.41) is 4.02. The Balaban J connectivity index is 2.02. The van der Waals surface area contributed by atoms with Gasteiger partial charge in [0.15, 0.2) is 5.78 Å². The summed E-state index contributed by atoms with van der Waals surface area (Å²) in [7, 11) is 1.83. The smallest absolute Gasteiger partial charge is 0.169 e. The first-order chi connectivity index (χ1) is 7.16. The third-order valence-electron chi connectivity index (χ3n) is 3.13. The second-order valence-corrected chi connectivity index (χ2v) is 4.38. The van der Waals surface area contributed by atoms with Crippen LogP contribution in [0.1, 0.15) is 36.0 Å². The highest BCUT2D eigenvalue weighted by Crippen LogP contribution is 2.26. The largest absolute Gasteiger partial charge is 0.328 e. The molecule has 1 aliphatic rings. The second-order valence-electron chi connectivity index (χ2n) is 4.38. The van der Waals surface area contributed by atoms with Crippen LogP contribution >= 0.6 is 0 Å². The molecular formula is C11H17N3O. The fraction of sp³-hybridized carbons (Fsp3) is 0.636. The minimum atomic E-state index is 0.161. The van der Waals surface area contributed by atoms with Crippen molar-refractivity contribution < 1.29 is 4.79 Å². The van der Waals surface area contributed by atoms with E-state index in [-0.39, 0.29) is 11.7 Å². The van der Waals surface area contributed by atoms with Crippen LogP contribution in [0, 0.1) is 5.92 Å². The lowest BCUT2D eigenvalue weighted by atomic mass is 9.82. The van der Waals surface area contributed by atoms with Gasteiger partial charge in [0.2, 0.25) is 0 Å². The van der Waals surface area contributed by atoms with Crippen molar-refractivity contribution in [1.29, 1.82) is 0 Å². The van der Waals surface area contributed by atoms with Gasteiger partial charge in [-0.3, -0.25) is 9.48 Å². The van der Waals surface area contributed by atoms with E-state index in [9.17, 15) is 4.79 Å². The van der Waals surface area contributed by atoms with Crippen LogP contribution in [-0.4, -0.2) is 21.6 Å². The molecule has 1 heterocycles. The quantitative estimate of drug-likeness (QED) is 0.739. The Labute approximate surface area is 89.5 Å². The van der Waals surface area contributed by atoms with Gasteiger partial charge >= 0.3 is 0 Å². The molecule has 0 atom stereocenters. The number of nitrogens with two attached hydrogens (primary N) is 1. The van der Waals surface area contributed by atoms with Crippen molar-refractivity contribution in [2.75, 3.05) is 0 Å². The average Bonchev–Trinajstić information content (AvgIpc) is 2.65. The molecule has 0 bridgehead atoms. The van der Waals surface area contributed by atoms with Crippen LogP contribution in [0.15, 0.2) is 12.4 Å². The van der Waals surface area contributed by atoms with Crippen LogP contribution in [0.3, 0.4) is 0 Å². The summed E-state index contributed by atoms with van der Waals surface area (Å²) < 4.78 is 1.67. The van der Waals surface area contributed by atoms with Crippen LogP contribution in [0.25, 0.3) is 0 Å². The number of ketones is 1. The zero-order valence-electron chi connectivity index (χ0n) is 9.02. The Bertz CT molecular complexity index is 350. The maximum absolute atomic E-state index is 12.0. The molecule has 1 fully saturated rings. The van der Waals surface area contributed by atoms with Gasteiger partial charge in [-0.15, -0.1) is 0 Å². The molecule has 2 N–H and O–H groups in total. The molecule has 0 aliphatic heterocycles. The molecule has 1 aromatic rings. The zero-order chi connectivity index (χ0) is 10.8. The minimum absolute atomic E-state index is 0.161. The Morgan fingerprint density at radius 2 is 2.13 bits per heavy atom. The number of carbonyl (C=O) groups excluding carboxylic acids is 1. The van der Waals surface area contributed by atoms with E-state index in [2.05, 4.69) is 5.10 Å². The summed E-state index contributed by atoms with van der Waals surface area (Å²) in [6.45, 7) is 0. The molecule has 0 unspecified atom stereocenters. The third-order valence-corrected chi connectivity index (χ3v) is 3.13. The fourth-order valence-corrected chi connectivity index (χ4v) is 2.17. The van der Waals surface area contributed by atoms with Gasteiger partial charge < -0.3 is 5.73 Å². The molecule has 0 aromatic carbocycles. The highest BCUT2D eigenvalue weighted by Gasteiger charge is 2.25. The van der Waals surface area contributed by atoms with Gasteiger partial charge in [-0.25, -0.2) is 0 Å². The number of aryl methyl sites for hydroxylation is 1. The Morgan fingerprint density at radius 1 is 1.47 bits per heavy atom. The highest BCUT2D eigenvalue weighted by atomic mass is 16.1. The lowest BCUT2D eigenvalue weighted by molar-refractivity contribution is 0.0884. The highest BCUT2D eigenvalue weighted by molar-refractivity contribution is 5.97. The summed E-state index contributed by atoms with van der Waals surface area (Å²) >= 11 is 0. The SMILES string of the molecule is Cn1cc(C(=O)C2CCC(N)CC2)cn1. The summed E-state index contributed by atoms with van der Waals surface area (Å²) in [5.74, 6) is 0.393. The number of aromatic nitrogens is 2. The van der Waals surface area contributed by atoms with Gasteiger partial charge in [0.05, 0.1) is 11.8 Å². The van der Waals surface area contributed by atoms with Crippen LogP contribution in [0.2, 0.25) is 0 Å². The summed E-state index contributed by atoms with van der Waals surface area (Å²) in [4.78, 5) is 12.0. The molecule has 2 rings (SSSR count). The normalized spacial score (nSPS) is 26.5. The molecule has 0 spiro atoms. The molecule has 15 heavy (non-hydrogen) atoms. The van der Waals surface area contributed by atoms with Gasteiger partial charge in [-0.2, -0.15) is 5.10 Å². The van der Waals surface area contributed by atoms with E-state index in [1.54, 1.807) is 17.1 Å². The summed E-state index contributed by atoms with van der Waals surface area (Å²) in [6, 6.07) is 0.294. The number of rotatable bonds is 2. The van der Waals surface area contributed by atoms with E-state index in [0.717, 1.165) is 31.2 Å². The molecular weight excluding hydrogens is 190 g/mol. The molecule has 0 saturated heterocycles. The molecule has 1 saturated carbocycles. The molecule has 0 radical (unpaired) electrons. The lowest BCUT2D eigenvalue weighted by Gasteiger charge is -2.24. The third kappa shape index (κ3) is 2.26. The van der Waals surface area contributed by atoms with E-state index < -0.39 is 0 Å². The number of hydrogen-bond donors (Lipinski definition) is 1. The van der Waals surface area contributed by atoms with Crippen molar-refractivity contribution in [2.45, 2.75) is 31.7 Å². The minimum Gasteiger partial charge on any atom is -0.328 e. The first kappa shape index (κ1) is 10.4. The van der Waals surface area contributed by atoms with Crippen LogP contribution < -0.4 is 5.73 Å². The predicted molar refractivity (Wildman–Crippen MR) is 57.5 cm³/mol. The van der Waals surface area contributed by atoms with Gasteiger partial charge in [0.25, 0.3) is 0 Å². The number of Topliss-reactive ketones (excluding diaryl/α,β-unsaturated/α-hetero) is 1. The van der Waals surface area contributed by atoms with E-state index >= 15 is 0 Å². The molecule has 0 amide bonds. The van der Waals surface area contributed by atoms with E-state index in [1.165, 1.54) is 0 Å². The summed E-state index contributed by atoms with van der Waals surface area (Å²) in [6.07, 6.45) is 7.23. The number of hydrogen-bond acceptors (Lipinski definition) is 3. The maximum Gasteiger partial charge on any atom is 0.169 e. The first-order valence-electron chi connectivity index (χ1n) is 5.45. The Morgan fingerprint density at radius 3 is 2.67 bits per heavy atom. The summed E-state index contributed by atoms with van der Waals surface area (Å²) in [5.41, 5.74) is 6.55. The molecule has 1 aliphatic carbocycles. The monoisotopic (exact) mass is 207 g/mol. The van der Waals surface area contributed by atoms with Gasteiger partial charge in [0.1, 0.15) is 0 Å². The Hall–Kier alpha value is -1.16. The van der Waals surface area contributed by atoms with Crippen molar-refractivity contribution in [3.8, 4) is 0 Å². The van der Waals surface area contributed by atoms with Crippen molar-refractivity contribution in [3.05, 3.63) is 18.0 Å². The zero-order valence-corrected chi connectivity index (χ0v) is 9.02. The van der Waals surface area contributed by atoms with Crippen molar-refractivity contribution in [1.82, 2.24) is 9.78 Å². The molecule has 4 heteroatoms. The lowest BCUT2D eigenvalue weighted by Crippen LogP contribution is -2.29. The standard InChI is InChI=1S/C11H17N3O/c1-14-7-9(6-13-14)11(15)8-2-4-10(12)5-3-8/h6-8,10H,2-5,12H2,1H3. The fourth-order valence-electron chi connectivity index (χ4n) is 2.17. The van der Waals surface area contributed by atoms with Crippen molar-refractivity contribution in [3.63, 3.8) is 0 Å². The van der Waals surface area contributed by atoms with E-state index in [0.29, 0.717) is 6.04 Å². The predicted octanol–water partition coefficient (Wildman–Crippen LogP) is 1.12. The average molecular weight is 207 g/mol. The number of nitrogens with zero attached hydrogens (tertiary/aromatic N) is 2. The van der Waals surface area contributed by atoms with Crippen molar-refractivity contribution >= 4 is 5.78 Å². The molecule has 4 nitrogen and oxygen atoms in total. The molecule has 1 aromatic heterocycles. The van der Waals surface area contributed by atoms with E-state index in [4.69, 9.17) is 5.73 Å². The first-order valence-corrected chi connectivity index (χ1v) is 5.45. The van der Waals surface area contributed by atoms with Gasteiger partial charge in [0, 0.05) is 25.2 Å². The number of carbonyl (C=O) groups is 1. The maximum atomic E-state index is 12.0. The topological polar surface area (TPSA) is 60.9 Å². The molecule has 82 valence electrons. The Kier molecular flexibility index (Phi) is 2.86.